The Morgan fingerprint density at radius 2 is 1.85 bits per heavy atom. The van der Waals surface area contributed by atoms with Crippen LogP contribution in [0, 0.1) is 6.92 Å². The lowest BCUT2D eigenvalue weighted by Gasteiger charge is -2.30. The topological polar surface area (TPSA) is 54.5 Å². The number of carbonyl (C=O) groups is 1. The Kier molecular flexibility index (Phi) is 5.80. The number of aromatic nitrogens is 1. The van der Waals surface area contributed by atoms with E-state index in [1.165, 1.54) is 5.56 Å². The Morgan fingerprint density at radius 1 is 1.06 bits per heavy atom. The zero-order valence-corrected chi connectivity index (χ0v) is 19.0. The number of methoxy groups -OCH3 is 1. The molecule has 1 N–H and O–H groups in total. The number of rotatable bonds is 5. The van der Waals surface area contributed by atoms with Gasteiger partial charge in [0.1, 0.15) is 5.75 Å². The van der Waals surface area contributed by atoms with Crippen LogP contribution < -0.4 is 10.1 Å². The molecule has 1 aromatic heterocycles. The smallest absolute Gasteiger partial charge is 0.256 e. The summed E-state index contributed by atoms with van der Waals surface area (Å²) in [6.07, 6.45) is 0.820. The zero-order chi connectivity index (χ0) is 22.8. The summed E-state index contributed by atoms with van der Waals surface area (Å²) in [7, 11) is 1.62. The van der Waals surface area contributed by atoms with Gasteiger partial charge < -0.3 is 10.1 Å². The van der Waals surface area contributed by atoms with Gasteiger partial charge >= 0.3 is 0 Å². The van der Waals surface area contributed by atoms with Gasteiger partial charge in [-0.2, -0.15) is 0 Å². The molecule has 0 saturated heterocycles. The van der Waals surface area contributed by atoms with E-state index in [0.717, 1.165) is 47.2 Å². The molecule has 0 spiro atoms. The van der Waals surface area contributed by atoms with Crippen molar-refractivity contribution in [1.82, 2.24) is 9.88 Å². The number of carbonyl (C=O) groups excluding carboxylic acids is 1. The highest BCUT2D eigenvalue weighted by molar-refractivity contribution is 6.14. The molecule has 166 valence electrons. The van der Waals surface area contributed by atoms with E-state index in [-0.39, 0.29) is 5.91 Å². The summed E-state index contributed by atoms with van der Waals surface area (Å²) in [5, 5.41) is 3.99. The third-order valence-corrected chi connectivity index (χ3v) is 6.20. The lowest BCUT2D eigenvalue weighted by atomic mass is 9.94. The van der Waals surface area contributed by atoms with E-state index in [9.17, 15) is 4.79 Å². The highest BCUT2D eigenvalue weighted by Gasteiger charge is 2.26. The minimum Gasteiger partial charge on any atom is -0.495 e. The molecule has 0 radical (unpaired) electrons. The number of nitrogens with zero attached hydrogens (tertiary/aromatic N) is 2. The Labute approximate surface area is 194 Å². The van der Waals surface area contributed by atoms with Crippen LogP contribution in [-0.4, -0.2) is 29.4 Å². The van der Waals surface area contributed by atoms with Crippen molar-refractivity contribution in [2.24, 2.45) is 0 Å². The van der Waals surface area contributed by atoms with Gasteiger partial charge in [0.15, 0.2) is 0 Å². The third-order valence-electron chi connectivity index (χ3n) is 6.20. The number of ether oxygens (including phenoxy) is 1. The number of pyridine rings is 1. The summed E-state index contributed by atoms with van der Waals surface area (Å²) >= 11 is 0. The minimum absolute atomic E-state index is 0.129. The number of hydrogen-bond donors (Lipinski definition) is 1. The van der Waals surface area contributed by atoms with Gasteiger partial charge in [-0.1, -0.05) is 54.6 Å². The fourth-order valence-corrected chi connectivity index (χ4v) is 4.59. The summed E-state index contributed by atoms with van der Waals surface area (Å²) in [4.78, 5) is 21.0. The third kappa shape index (κ3) is 4.32. The van der Waals surface area contributed by atoms with Crippen LogP contribution in [0.5, 0.6) is 5.75 Å². The van der Waals surface area contributed by atoms with Crippen LogP contribution in [0.3, 0.4) is 0 Å². The van der Waals surface area contributed by atoms with Gasteiger partial charge in [-0.05, 0) is 36.2 Å². The molecule has 3 aromatic carbocycles. The molecule has 0 fully saturated rings. The first-order valence-electron chi connectivity index (χ1n) is 11.2. The van der Waals surface area contributed by atoms with Crippen molar-refractivity contribution in [2.45, 2.75) is 26.4 Å². The first kappa shape index (κ1) is 21.2. The Bertz CT molecular complexity index is 1320. The molecule has 0 atom stereocenters. The summed E-state index contributed by atoms with van der Waals surface area (Å²) in [6, 6.07) is 24.2. The number of para-hydroxylation sites is 1. The summed E-state index contributed by atoms with van der Waals surface area (Å²) in [6.45, 7) is 4.45. The van der Waals surface area contributed by atoms with Crippen molar-refractivity contribution in [3.8, 4) is 5.75 Å². The van der Waals surface area contributed by atoms with Gasteiger partial charge in [-0.25, -0.2) is 0 Å². The van der Waals surface area contributed by atoms with Crippen LogP contribution in [0.15, 0.2) is 72.8 Å². The first-order chi connectivity index (χ1) is 16.1. The molecule has 1 aliphatic rings. The fourth-order valence-electron chi connectivity index (χ4n) is 4.59. The van der Waals surface area contributed by atoms with Crippen LogP contribution in [0.4, 0.5) is 5.69 Å². The van der Waals surface area contributed by atoms with Crippen molar-refractivity contribution in [1.29, 1.82) is 0 Å². The minimum atomic E-state index is -0.129. The van der Waals surface area contributed by atoms with E-state index in [4.69, 9.17) is 9.72 Å². The molecule has 0 saturated carbocycles. The molecular weight excluding hydrogens is 410 g/mol. The second-order valence-electron chi connectivity index (χ2n) is 8.53. The molecule has 0 bridgehead atoms. The van der Waals surface area contributed by atoms with Gasteiger partial charge in [0.05, 0.1) is 23.9 Å². The molecule has 0 unspecified atom stereocenters. The van der Waals surface area contributed by atoms with E-state index in [2.05, 4.69) is 34.5 Å². The number of amides is 1. The molecule has 4 aromatic rings. The van der Waals surface area contributed by atoms with Crippen LogP contribution in [0.2, 0.25) is 0 Å². The Hall–Kier alpha value is -3.70. The van der Waals surface area contributed by atoms with Crippen molar-refractivity contribution in [3.05, 3.63) is 101 Å². The summed E-state index contributed by atoms with van der Waals surface area (Å²) in [5.74, 6) is 0.516. The lowest BCUT2D eigenvalue weighted by molar-refractivity contribution is 0.102. The van der Waals surface area contributed by atoms with Gasteiger partial charge in [0.25, 0.3) is 5.91 Å². The van der Waals surface area contributed by atoms with Crippen LogP contribution in [0.1, 0.15) is 32.7 Å². The normalized spacial score (nSPS) is 13.5. The van der Waals surface area contributed by atoms with Gasteiger partial charge in [-0.15, -0.1) is 0 Å². The van der Waals surface area contributed by atoms with Crippen LogP contribution in [-0.2, 0) is 19.5 Å². The van der Waals surface area contributed by atoms with Crippen LogP contribution >= 0.6 is 0 Å². The number of fused-ring (bicyclic) bond motifs is 2. The number of nitrogens with one attached hydrogen (secondary N) is 1. The second kappa shape index (κ2) is 9.04. The predicted octanol–water partition coefficient (Wildman–Crippen LogP) is 5.36. The average molecular weight is 438 g/mol. The maximum Gasteiger partial charge on any atom is 0.256 e. The zero-order valence-electron chi connectivity index (χ0n) is 19.0. The van der Waals surface area contributed by atoms with Crippen molar-refractivity contribution < 1.29 is 9.53 Å². The highest BCUT2D eigenvalue weighted by Crippen LogP contribution is 2.31. The predicted molar refractivity (Wildman–Crippen MR) is 132 cm³/mol. The summed E-state index contributed by atoms with van der Waals surface area (Å²) in [5.41, 5.74) is 6.59. The van der Waals surface area contributed by atoms with Crippen LogP contribution in [0.25, 0.3) is 10.9 Å². The monoisotopic (exact) mass is 437 g/mol. The maximum absolute atomic E-state index is 13.7. The Morgan fingerprint density at radius 3 is 2.67 bits per heavy atom. The quantitative estimate of drug-likeness (QED) is 0.457. The average Bonchev–Trinajstić information content (AvgIpc) is 2.83. The van der Waals surface area contributed by atoms with Crippen molar-refractivity contribution in [2.75, 3.05) is 19.0 Å². The molecule has 5 heteroatoms. The van der Waals surface area contributed by atoms with E-state index in [0.29, 0.717) is 23.5 Å². The maximum atomic E-state index is 13.7. The van der Waals surface area contributed by atoms with E-state index in [1.54, 1.807) is 7.11 Å². The van der Waals surface area contributed by atoms with E-state index < -0.39 is 0 Å². The van der Waals surface area contributed by atoms with Crippen molar-refractivity contribution in [3.63, 3.8) is 0 Å². The Balaban J connectivity index is 1.55. The number of benzene rings is 3. The molecule has 1 amide bonds. The molecule has 5 nitrogen and oxygen atoms in total. The first-order valence-corrected chi connectivity index (χ1v) is 11.2. The highest BCUT2D eigenvalue weighted by atomic mass is 16.5. The SMILES string of the molecule is COc1ccc(C)cc1NC(=O)c1c2c(nc3ccccc13)CCN(Cc1ccccc1)C2. The lowest BCUT2D eigenvalue weighted by Crippen LogP contribution is -2.32. The fraction of sp³-hybridized carbons (Fsp3) is 0.214. The molecule has 33 heavy (non-hydrogen) atoms. The van der Waals surface area contributed by atoms with E-state index >= 15 is 0 Å². The van der Waals surface area contributed by atoms with Gasteiger partial charge in [0.2, 0.25) is 0 Å². The van der Waals surface area contributed by atoms with Gasteiger partial charge in [-0.3, -0.25) is 14.7 Å². The largest absolute Gasteiger partial charge is 0.495 e. The second-order valence-corrected chi connectivity index (χ2v) is 8.53. The van der Waals surface area contributed by atoms with Gasteiger partial charge in [0, 0.05) is 42.7 Å². The molecule has 5 rings (SSSR count). The molecule has 1 aliphatic heterocycles. The molecular formula is C28H27N3O2. The summed E-state index contributed by atoms with van der Waals surface area (Å²) < 4.78 is 5.49. The number of hydrogen-bond acceptors (Lipinski definition) is 4. The standard InChI is InChI=1S/C28H27N3O2/c1-19-12-13-26(33-2)25(16-19)30-28(32)27-21-10-6-7-11-23(21)29-24-14-15-31(18-22(24)27)17-20-8-4-3-5-9-20/h3-13,16H,14-15,17-18H2,1-2H3,(H,30,32). The molecule has 2 heterocycles. The molecule has 0 aliphatic carbocycles. The van der Waals surface area contributed by atoms with E-state index in [1.807, 2.05) is 55.5 Å². The number of anilines is 1. The van der Waals surface area contributed by atoms with Crippen molar-refractivity contribution >= 4 is 22.5 Å². The number of aryl methyl sites for hydroxylation is 1.